The molecular weight excluding hydrogens is 448 g/mol. The van der Waals surface area contributed by atoms with Gasteiger partial charge >= 0.3 is 5.97 Å². The van der Waals surface area contributed by atoms with Crippen molar-refractivity contribution in [1.29, 1.82) is 0 Å². The van der Waals surface area contributed by atoms with E-state index in [-0.39, 0.29) is 17.2 Å². The third-order valence-corrected chi connectivity index (χ3v) is 5.42. The van der Waals surface area contributed by atoms with E-state index in [0.29, 0.717) is 11.5 Å². The Bertz CT molecular complexity index is 1150. The number of aliphatic carboxylic acids is 1. The van der Waals surface area contributed by atoms with Crippen molar-refractivity contribution < 1.29 is 14.7 Å². The summed E-state index contributed by atoms with van der Waals surface area (Å²) in [6.07, 6.45) is 3.94. The highest BCUT2D eigenvalue weighted by Gasteiger charge is 2.29. The Labute approximate surface area is 181 Å². The zero-order chi connectivity index (χ0) is 21.3. The third kappa shape index (κ3) is 3.86. The highest BCUT2D eigenvalue weighted by molar-refractivity contribution is 9.10. The van der Waals surface area contributed by atoms with E-state index in [1.165, 1.54) is 11.8 Å². The summed E-state index contributed by atoms with van der Waals surface area (Å²) in [7, 11) is 0. The van der Waals surface area contributed by atoms with Crippen LogP contribution in [0.15, 0.2) is 71.0 Å². The van der Waals surface area contributed by atoms with Gasteiger partial charge in [0, 0.05) is 10.2 Å². The van der Waals surface area contributed by atoms with Gasteiger partial charge < -0.3 is 15.7 Å². The summed E-state index contributed by atoms with van der Waals surface area (Å²) in [5, 5.41) is 19.6. The summed E-state index contributed by atoms with van der Waals surface area (Å²) >= 11 is 3.44. The van der Waals surface area contributed by atoms with Gasteiger partial charge in [0.2, 0.25) is 0 Å². The number of rotatable bonds is 5. The maximum atomic E-state index is 12.9. The molecule has 2 heterocycles. The lowest BCUT2D eigenvalue weighted by atomic mass is 10.0. The summed E-state index contributed by atoms with van der Waals surface area (Å²) < 4.78 is 2.48. The molecule has 1 atom stereocenters. The number of fused-ring (bicyclic) bond motifs is 1. The number of hydrogen-bond donors (Lipinski definition) is 3. The van der Waals surface area contributed by atoms with Crippen LogP contribution in [-0.2, 0) is 11.2 Å². The van der Waals surface area contributed by atoms with Crippen LogP contribution in [0, 0.1) is 0 Å². The summed E-state index contributed by atoms with van der Waals surface area (Å²) in [5.74, 6) is -1.14. The second-order valence-electron chi connectivity index (χ2n) is 6.87. The first-order valence-corrected chi connectivity index (χ1v) is 10.2. The number of carbonyl (C=O) groups excluding carboxylic acids is 1. The Morgan fingerprint density at radius 2 is 2.00 bits per heavy atom. The van der Waals surface area contributed by atoms with Crippen LogP contribution in [0.25, 0.3) is 0 Å². The number of benzene rings is 2. The predicted octanol–water partition coefficient (Wildman–Crippen LogP) is 4.44. The molecule has 152 valence electrons. The molecule has 1 amide bonds. The van der Waals surface area contributed by atoms with Crippen molar-refractivity contribution >= 4 is 39.3 Å². The highest BCUT2D eigenvalue weighted by atomic mass is 79.9. The Hall–Kier alpha value is -3.39. The fourth-order valence-electron chi connectivity index (χ4n) is 3.34. The molecule has 2 aromatic carbocycles. The normalized spacial score (nSPS) is 15.0. The molecule has 3 N–H and O–H groups in total. The van der Waals surface area contributed by atoms with E-state index in [1.54, 1.807) is 10.8 Å². The third-order valence-electron chi connectivity index (χ3n) is 4.92. The Morgan fingerprint density at radius 1 is 1.23 bits per heavy atom. The molecule has 0 unspecified atom stereocenters. The van der Waals surface area contributed by atoms with Gasteiger partial charge in [-0.25, -0.2) is 9.48 Å². The second-order valence-corrected chi connectivity index (χ2v) is 7.78. The molecule has 3 aromatic rings. The van der Waals surface area contributed by atoms with Gasteiger partial charge in [-0.1, -0.05) is 47.1 Å². The van der Waals surface area contributed by atoms with E-state index in [2.05, 4.69) is 38.6 Å². The maximum Gasteiger partial charge on any atom is 0.352 e. The maximum absolute atomic E-state index is 12.9. The van der Waals surface area contributed by atoms with Crippen molar-refractivity contribution in [2.24, 2.45) is 0 Å². The van der Waals surface area contributed by atoms with Crippen LogP contribution in [0.5, 0.6) is 0 Å². The van der Waals surface area contributed by atoms with E-state index in [0.717, 1.165) is 16.5 Å². The summed E-state index contributed by atoms with van der Waals surface area (Å²) in [6.45, 7) is 2.06. The minimum atomic E-state index is -1.11. The van der Waals surface area contributed by atoms with Gasteiger partial charge in [0.1, 0.15) is 17.1 Å². The van der Waals surface area contributed by atoms with Gasteiger partial charge in [-0.15, -0.1) is 0 Å². The number of aryl methyl sites for hydroxylation is 1. The minimum absolute atomic E-state index is 0.00526. The van der Waals surface area contributed by atoms with Crippen LogP contribution < -0.4 is 10.6 Å². The monoisotopic (exact) mass is 466 g/mol. The first-order valence-electron chi connectivity index (χ1n) is 9.41. The lowest BCUT2D eigenvalue weighted by molar-refractivity contribution is -0.132. The van der Waals surface area contributed by atoms with Gasteiger partial charge in [0.05, 0.1) is 12.2 Å². The lowest BCUT2D eigenvalue weighted by Crippen LogP contribution is -2.25. The number of nitrogens with one attached hydrogen (secondary N) is 2. The molecule has 0 aliphatic carbocycles. The van der Waals surface area contributed by atoms with Crippen LogP contribution in [0.4, 0.5) is 11.5 Å². The molecular formula is C22H19BrN4O3. The number of hydrogen-bond acceptors (Lipinski definition) is 4. The Kier molecular flexibility index (Phi) is 5.41. The molecule has 0 spiro atoms. The van der Waals surface area contributed by atoms with Gasteiger partial charge in [-0.2, -0.15) is 5.10 Å². The number of nitrogens with zero attached hydrogens (tertiary/aromatic N) is 2. The number of carboxylic acids is 1. The van der Waals surface area contributed by atoms with Crippen LogP contribution in [0.2, 0.25) is 0 Å². The Balaban J connectivity index is 1.69. The average molecular weight is 467 g/mol. The molecule has 0 bridgehead atoms. The molecule has 0 saturated carbocycles. The van der Waals surface area contributed by atoms with E-state index in [1.807, 2.05) is 48.5 Å². The summed E-state index contributed by atoms with van der Waals surface area (Å²) in [6, 6.07) is 14.7. The molecule has 1 aliphatic heterocycles. The smallest absolute Gasteiger partial charge is 0.352 e. The molecule has 1 aliphatic rings. The molecule has 0 fully saturated rings. The number of carboxylic acid groups (broad SMARTS) is 1. The van der Waals surface area contributed by atoms with E-state index < -0.39 is 12.0 Å². The summed E-state index contributed by atoms with van der Waals surface area (Å²) in [5.41, 5.74) is 2.93. The summed E-state index contributed by atoms with van der Waals surface area (Å²) in [4.78, 5) is 24.6. The second kappa shape index (κ2) is 8.16. The van der Waals surface area contributed by atoms with Gasteiger partial charge in [0.15, 0.2) is 0 Å². The SMILES string of the molecule is CCc1ccc(NC(=O)c2cnn3c2NC(C(=O)O)=C[C@H]3c2cccc(Br)c2)cc1. The molecule has 7 nitrogen and oxygen atoms in total. The van der Waals surface area contributed by atoms with Crippen molar-refractivity contribution in [2.45, 2.75) is 19.4 Å². The quantitative estimate of drug-likeness (QED) is 0.516. The standard InChI is InChI=1S/C22H19BrN4O3/c1-2-13-6-8-16(9-7-13)25-21(28)17-12-24-27-19(14-4-3-5-15(23)10-14)11-18(22(29)30)26-20(17)27/h3-12,19,26H,2H2,1H3,(H,25,28)(H,29,30)/t19-/m0/s1. The zero-order valence-electron chi connectivity index (χ0n) is 16.1. The number of anilines is 2. The molecule has 1 aromatic heterocycles. The number of carbonyl (C=O) groups is 2. The lowest BCUT2D eigenvalue weighted by Gasteiger charge is -2.24. The van der Waals surface area contributed by atoms with Crippen LogP contribution in [0.1, 0.15) is 34.5 Å². The van der Waals surface area contributed by atoms with Crippen LogP contribution in [-0.4, -0.2) is 26.8 Å². The topological polar surface area (TPSA) is 96.3 Å². The van der Waals surface area contributed by atoms with Crippen LogP contribution >= 0.6 is 15.9 Å². The number of allylic oxidation sites excluding steroid dienone is 1. The fraction of sp³-hybridized carbons (Fsp3) is 0.136. The zero-order valence-corrected chi connectivity index (χ0v) is 17.7. The first kappa shape index (κ1) is 19.9. The average Bonchev–Trinajstić information content (AvgIpc) is 3.17. The van der Waals surface area contributed by atoms with E-state index in [4.69, 9.17) is 0 Å². The van der Waals surface area contributed by atoms with Crippen LogP contribution in [0.3, 0.4) is 0 Å². The van der Waals surface area contributed by atoms with E-state index >= 15 is 0 Å². The molecule has 8 heteroatoms. The molecule has 0 saturated heterocycles. The number of aromatic nitrogens is 2. The van der Waals surface area contributed by atoms with Gasteiger partial charge in [-0.3, -0.25) is 4.79 Å². The van der Waals surface area contributed by atoms with Crippen molar-refractivity contribution in [2.75, 3.05) is 10.6 Å². The minimum Gasteiger partial charge on any atom is -0.477 e. The molecule has 30 heavy (non-hydrogen) atoms. The molecule has 4 rings (SSSR count). The highest BCUT2D eigenvalue weighted by Crippen LogP contribution is 2.33. The van der Waals surface area contributed by atoms with Crippen molar-refractivity contribution in [3.63, 3.8) is 0 Å². The largest absolute Gasteiger partial charge is 0.477 e. The van der Waals surface area contributed by atoms with E-state index in [9.17, 15) is 14.7 Å². The van der Waals surface area contributed by atoms with Crippen molar-refractivity contribution in [3.8, 4) is 0 Å². The number of halogens is 1. The fourth-order valence-corrected chi connectivity index (χ4v) is 3.75. The Morgan fingerprint density at radius 3 is 2.67 bits per heavy atom. The predicted molar refractivity (Wildman–Crippen MR) is 118 cm³/mol. The van der Waals surface area contributed by atoms with Gasteiger partial charge in [-0.05, 0) is 47.9 Å². The van der Waals surface area contributed by atoms with Gasteiger partial charge in [0.25, 0.3) is 5.91 Å². The first-order chi connectivity index (χ1) is 14.5. The number of amides is 1. The molecule has 0 radical (unpaired) electrons. The van der Waals surface area contributed by atoms with Crippen molar-refractivity contribution in [1.82, 2.24) is 9.78 Å². The van der Waals surface area contributed by atoms with Crippen molar-refractivity contribution in [3.05, 3.63) is 87.7 Å².